The normalized spacial score (nSPS) is 10.5. The highest BCUT2D eigenvalue weighted by molar-refractivity contribution is 6.59. The average Bonchev–Trinajstić information content (AvgIpc) is 2.77. The van der Waals surface area contributed by atoms with Gasteiger partial charge in [-0.05, 0) is 25.1 Å². The molecule has 0 saturated heterocycles. The van der Waals surface area contributed by atoms with Gasteiger partial charge in [-0.25, -0.2) is 9.37 Å². The molecule has 1 aromatic heterocycles. The van der Waals surface area contributed by atoms with Crippen molar-refractivity contribution in [2.45, 2.75) is 13.5 Å². The number of rotatable bonds is 5. The molecule has 19 heavy (non-hydrogen) atoms. The first-order valence-electron chi connectivity index (χ1n) is 5.84. The van der Waals surface area contributed by atoms with Crippen molar-refractivity contribution in [3.05, 3.63) is 42.2 Å². The molecule has 2 N–H and O–H groups in total. The van der Waals surface area contributed by atoms with Crippen LogP contribution in [0.4, 0.5) is 4.39 Å². The highest BCUT2D eigenvalue weighted by Gasteiger charge is 2.18. The first-order chi connectivity index (χ1) is 9.08. The Bertz CT molecular complexity index is 560. The number of hydrogen-bond acceptors (Lipinski definition) is 4. The van der Waals surface area contributed by atoms with Gasteiger partial charge in [0.2, 0.25) is 0 Å². The highest BCUT2D eigenvalue weighted by atomic mass is 19.1. The van der Waals surface area contributed by atoms with E-state index in [1.807, 2.05) is 17.7 Å². The van der Waals surface area contributed by atoms with Gasteiger partial charge in [0.25, 0.3) is 0 Å². The fraction of sp³-hybridized carbons (Fsp3) is 0.250. The third-order valence-electron chi connectivity index (χ3n) is 2.76. The van der Waals surface area contributed by atoms with Crippen molar-refractivity contribution in [3.63, 3.8) is 0 Å². The molecule has 0 aliphatic heterocycles. The molecule has 7 heteroatoms. The second-order valence-electron chi connectivity index (χ2n) is 4.07. The topological polar surface area (TPSA) is 67.5 Å². The predicted molar refractivity (Wildman–Crippen MR) is 68.7 cm³/mol. The van der Waals surface area contributed by atoms with Gasteiger partial charge in [0.1, 0.15) is 24.0 Å². The van der Waals surface area contributed by atoms with Crippen LogP contribution < -0.4 is 10.2 Å². The van der Waals surface area contributed by atoms with Crippen molar-refractivity contribution in [2.24, 2.45) is 0 Å². The van der Waals surface area contributed by atoms with Crippen LogP contribution in [0, 0.1) is 12.7 Å². The van der Waals surface area contributed by atoms with E-state index < -0.39 is 12.9 Å². The maximum Gasteiger partial charge on any atom is 0.492 e. The Morgan fingerprint density at radius 2 is 2.21 bits per heavy atom. The number of ether oxygens (including phenoxy) is 1. The summed E-state index contributed by atoms with van der Waals surface area (Å²) in [5.74, 6) is 0.584. The van der Waals surface area contributed by atoms with Gasteiger partial charge < -0.3 is 19.4 Å². The van der Waals surface area contributed by atoms with E-state index in [0.29, 0.717) is 13.2 Å². The molecular formula is C12H14BFN2O3. The minimum absolute atomic E-state index is 0.0161. The SMILES string of the molecule is Cc1nccn1CCOc1ccc(F)cc1B(O)O. The summed E-state index contributed by atoms with van der Waals surface area (Å²) in [6.45, 7) is 2.77. The first-order valence-corrected chi connectivity index (χ1v) is 5.84. The van der Waals surface area contributed by atoms with Gasteiger partial charge in [-0.1, -0.05) is 0 Å². The van der Waals surface area contributed by atoms with E-state index in [2.05, 4.69) is 4.98 Å². The molecule has 0 fully saturated rings. The van der Waals surface area contributed by atoms with Gasteiger partial charge in [-0.3, -0.25) is 0 Å². The lowest BCUT2D eigenvalue weighted by molar-refractivity contribution is 0.297. The number of benzene rings is 1. The predicted octanol–water partition coefficient (Wildman–Crippen LogP) is 0.0894. The highest BCUT2D eigenvalue weighted by Crippen LogP contribution is 2.10. The standard InChI is InChI=1S/C12H14BFN2O3/c1-9-15-4-5-16(9)6-7-19-12-3-2-10(14)8-11(12)13(17)18/h2-5,8,17-18H,6-7H2,1H3. The molecular weight excluding hydrogens is 250 g/mol. The minimum atomic E-state index is -1.76. The van der Waals surface area contributed by atoms with Crippen molar-refractivity contribution in [1.29, 1.82) is 0 Å². The van der Waals surface area contributed by atoms with Gasteiger partial charge in [-0.15, -0.1) is 0 Å². The van der Waals surface area contributed by atoms with Crippen LogP contribution in [0.1, 0.15) is 5.82 Å². The molecule has 2 rings (SSSR count). The average molecular weight is 264 g/mol. The zero-order valence-corrected chi connectivity index (χ0v) is 10.5. The molecule has 0 amide bonds. The van der Waals surface area contributed by atoms with Crippen molar-refractivity contribution in [3.8, 4) is 5.75 Å². The number of nitrogens with zero attached hydrogens (tertiary/aromatic N) is 2. The van der Waals surface area contributed by atoms with Gasteiger partial charge >= 0.3 is 7.12 Å². The summed E-state index contributed by atoms with van der Waals surface area (Å²) < 4.78 is 20.4. The van der Waals surface area contributed by atoms with Crippen LogP contribution in [-0.4, -0.2) is 33.3 Å². The van der Waals surface area contributed by atoms with E-state index in [1.54, 1.807) is 6.20 Å². The van der Waals surface area contributed by atoms with Crippen LogP contribution in [0.5, 0.6) is 5.75 Å². The van der Waals surface area contributed by atoms with Gasteiger partial charge in [0, 0.05) is 17.9 Å². The zero-order chi connectivity index (χ0) is 13.8. The molecule has 0 spiro atoms. The third kappa shape index (κ3) is 3.33. The number of aromatic nitrogens is 2. The fourth-order valence-corrected chi connectivity index (χ4v) is 1.75. The van der Waals surface area contributed by atoms with Crippen molar-refractivity contribution in [2.75, 3.05) is 6.61 Å². The van der Waals surface area contributed by atoms with Crippen molar-refractivity contribution < 1.29 is 19.2 Å². The van der Waals surface area contributed by atoms with E-state index in [4.69, 9.17) is 14.8 Å². The maximum absolute atomic E-state index is 13.0. The molecule has 100 valence electrons. The van der Waals surface area contributed by atoms with E-state index in [1.165, 1.54) is 12.1 Å². The number of hydrogen-bond donors (Lipinski definition) is 2. The quantitative estimate of drug-likeness (QED) is 0.751. The molecule has 2 aromatic rings. The summed E-state index contributed by atoms with van der Waals surface area (Å²) in [5.41, 5.74) is 0.0161. The van der Waals surface area contributed by atoms with Crippen LogP contribution in [0.3, 0.4) is 0 Å². The number of aryl methyl sites for hydroxylation is 1. The van der Waals surface area contributed by atoms with Crippen LogP contribution in [0.2, 0.25) is 0 Å². The molecule has 0 saturated carbocycles. The fourth-order valence-electron chi connectivity index (χ4n) is 1.75. The monoisotopic (exact) mass is 264 g/mol. The summed E-state index contributed by atoms with van der Waals surface area (Å²) in [4.78, 5) is 4.08. The Balaban J connectivity index is 2.01. The molecule has 5 nitrogen and oxygen atoms in total. The van der Waals surface area contributed by atoms with Crippen LogP contribution in [0.25, 0.3) is 0 Å². The number of imidazole rings is 1. The summed E-state index contributed by atoms with van der Waals surface area (Å²) in [5, 5.41) is 18.3. The second kappa shape index (κ2) is 5.86. The maximum atomic E-state index is 13.0. The minimum Gasteiger partial charge on any atom is -0.492 e. The molecule has 0 bridgehead atoms. The molecule has 1 heterocycles. The number of halogens is 1. The third-order valence-corrected chi connectivity index (χ3v) is 2.76. The Hall–Kier alpha value is -1.86. The summed E-state index contributed by atoms with van der Waals surface area (Å²) in [7, 11) is -1.76. The Labute approximate surface area is 110 Å². The molecule has 1 aromatic carbocycles. The van der Waals surface area contributed by atoms with Gasteiger partial charge in [0.15, 0.2) is 0 Å². The van der Waals surface area contributed by atoms with Crippen molar-refractivity contribution >= 4 is 12.6 Å². The van der Waals surface area contributed by atoms with E-state index in [0.717, 1.165) is 11.9 Å². The Kier molecular flexibility index (Phi) is 4.18. The Morgan fingerprint density at radius 1 is 1.42 bits per heavy atom. The van der Waals surface area contributed by atoms with Crippen molar-refractivity contribution in [1.82, 2.24) is 9.55 Å². The first kappa shape index (κ1) is 13.6. The largest absolute Gasteiger partial charge is 0.492 e. The summed E-state index contributed by atoms with van der Waals surface area (Å²) in [6.07, 6.45) is 3.52. The van der Waals surface area contributed by atoms with Crippen LogP contribution in [-0.2, 0) is 6.54 Å². The van der Waals surface area contributed by atoms with Gasteiger partial charge in [-0.2, -0.15) is 0 Å². The lowest BCUT2D eigenvalue weighted by Crippen LogP contribution is -2.32. The smallest absolute Gasteiger partial charge is 0.492 e. The molecule has 0 atom stereocenters. The lowest BCUT2D eigenvalue weighted by atomic mass is 9.79. The molecule has 0 aliphatic rings. The summed E-state index contributed by atoms with van der Waals surface area (Å²) in [6, 6.07) is 3.64. The molecule has 0 aliphatic carbocycles. The summed E-state index contributed by atoms with van der Waals surface area (Å²) >= 11 is 0. The van der Waals surface area contributed by atoms with Crippen LogP contribution >= 0.6 is 0 Å². The zero-order valence-electron chi connectivity index (χ0n) is 10.5. The lowest BCUT2D eigenvalue weighted by Gasteiger charge is -2.12. The molecule has 0 radical (unpaired) electrons. The molecule has 0 unspecified atom stereocenters. The van der Waals surface area contributed by atoms with E-state index in [9.17, 15) is 4.39 Å². The second-order valence-corrected chi connectivity index (χ2v) is 4.07. The van der Waals surface area contributed by atoms with Gasteiger partial charge in [0.05, 0.1) is 6.54 Å². The Morgan fingerprint density at radius 3 is 2.84 bits per heavy atom. The van der Waals surface area contributed by atoms with E-state index in [-0.39, 0.29) is 11.2 Å². The van der Waals surface area contributed by atoms with E-state index >= 15 is 0 Å². The van der Waals surface area contributed by atoms with Crippen LogP contribution in [0.15, 0.2) is 30.6 Å².